The van der Waals surface area contributed by atoms with Gasteiger partial charge in [-0.15, -0.1) is 37.2 Å². The van der Waals surface area contributed by atoms with E-state index >= 15 is 0 Å². The number of unbranched alkanes of at least 4 members (excludes halogenated alkanes) is 1. The first-order chi connectivity index (χ1) is 23.6. The molecule has 0 atom stereocenters. The molecule has 12 nitrogen and oxygen atoms in total. The van der Waals surface area contributed by atoms with Gasteiger partial charge in [-0.3, -0.25) is 9.59 Å². The van der Waals surface area contributed by atoms with Gasteiger partial charge in [0.05, 0.1) is 48.4 Å². The van der Waals surface area contributed by atoms with Crippen molar-refractivity contribution in [3.63, 3.8) is 0 Å². The maximum absolute atomic E-state index is 13.7. The zero-order chi connectivity index (χ0) is 35.1. The number of allylic oxidation sites excluding steroid dienone is 1. The number of rotatable bonds is 13. The normalized spacial score (nSPS) is 12.5. The zero-order valence-electron chi connectivity index (χ0n) is 30.1. The number of piperazine rings is 1. The summed E-state index contributed by atoms with van der Waals surface area (Å²) < 4.78 is 13.6. The third-order valence-corrected chi connectivity index (χ3v) is 8.98. The lowest BCUT2D eigenvalue weighted by molar-refractivity contribution is 0.0990. The number of nitrogens with zero attached hydrogens (tertiary/aromatic N) is 5. The first kappa shape index (κ1) is 43.9. The van der Waals surface area contributed by atoms with Gasteiger partial charge in [-0.2, -0.15) is 0 Å². The van der Waals surface area contributed by atoms with Crippen molar-refractivity contribution in [1.29, 1.82) is 0 Å². The number of nitrogens with one attached hydrogen (secondary N) is 1. The number of methoxy groups -OCH3 is 1. The molecular weight excluding hydrogens is 729 g/mol. The highest BCUT2D eigenvalue weighted by Gasteiger charge is 2.22. The molecule has 52 heavy (non-hydrogen) atoms. The summed E-state index contributed by atoms with van der Waals surface area (Å²) in [6.45, 7) is 6.21. The zero-order valence-corrected chi connectivity index (χ0v) is 32.6. The molecule has 1 saturated heterocycles. The van der Waals surface area contributed by atoms with Crippen molar-refractivity contribution < 1.29 is 23.9 Å². The second kappa shape index (κ2) is 20.1. The van der Waals surface area contributed by atoms with Crippen molar-refractivity contribution in [3.8, 4) is 11.5 Å². The molecule has 3 N–H and O–H groups in total. The van der Waals surface area contributed by atoms with Crippen molar-refractivity contribution in [3.05, 3.63) is 82.8 Å². The van der Waals surface area contributed by atoms with Gasteiger partial charge in [0.25, 0.3) is 11.8 Å². The smallest absolute Gasteiger partial charge is 0.258 e. The number of amides is 2. The van der Waals surface area contributed by atoms with Crippen molar-refractivity contribution >= 4 is 77.4 Å². The molecule has 1 fully saturated rings. The molecule has 2 heterocycles. The van der Waals surface area contributed by atoms with Crippen LogP contribution >= 0.6 is 37.2 Å². The molecule has 5 rings (SSSR count). The Bertz CT molecular complexity index is 1890. The molecular formula is C37H48Cl3N7O5. The minimum atomic E-state index is -0.360. The number of hydrogen-bond donors (Lipinski definition) is 2. The SMILES string of the molecule is COc1cc(C(=O)N(C)c2ccc(C)cc2OCCCCC(=C=O)N2CCN(C)CC2)ccc1NC(=O)c1cccc2c1nc(CN)n2C.Cl.Cl.Cl. The molecule has 0 unspecified atom stereocenters. The number of anilines is 2. The van der Waals surface area contributed by atoms with Gasteiger partial charge in [-0.25, -0.2) is 9.78 Å². The van der Waals surface area contributed by atoms with E-state index in [1.165, 1.54) is 7.11 Å². The Morgan fingerprint density at radius 2 is 1.71 bits per heavy atom. The van der Waals surface area contributed by atoms with Gasteiger partial charge in [-0.05, 0) is 81.3 Å². The van der Waals surface area contributed by atoms with Crippen LogP contribution in [0.2, 0.25) is 0 Å². The molecule has 282 valence electrons. The summed E-state index contributed by atoms with van der Waals surface area (Å²) in [6, 6.07) is 16.0. The van der Waals surface area contributed by atoms with Crippen LogP contribution in [0.4, 0.5) is 11.4 Å². The number of likely N-dealkylation sites (N-methyl/N-ethyl adjacent to an activating group) is 1. The fourth-order valence-electron chi connectivity index (χ4n) is 5.99. The summed E-state index contributed by atoms with van der Waals surface area (Å²) in [6.07, 6.45) is 2.20. The predicted molar refractivity (Wildman–Crippen MR) is 213 cm³/mol. The second-order valence-corrected chi connectivity index (χ2v) is 12.3. The van der Waals surface area contributed by atoms with Crippen LogP contribution in [0.25, 0.3) is 11.0 Å². The fourth-order valence-corrected chi connectivity index (χ4v) is 5.99. The first-order valence-corrected chi connectivity index (χ1v) is 16.5. The van der Waals surface area contributed by atoms with Crippen molar-refractivity contribution in [2.45, 2.75) is 32.7 Å². The van der Waals surface area contributed by atoms with E-state index in [0.29, 0.717) is 58.4 Å². The second-order valence-electron chi connectivity index (χ2n) is 12.3. The third-order valence-electron chi connectivity index (χ3n) is 8.98. The maximum Gasteiger partial charge on any atom is 0.258 e. The molecule has 1 aliphatic heterocycles. The predicted octanol–water partition coefficient (Wildman–Crippen LogP) is 5.66. The van der Waals surface area contributed by atoms with E-state index in [1.54, 1.807) is 42.3 Å². The Kier molecular flexibility index (Phi) is 16.9. The maximum atomic E-state index is 13.7. The third kappa shape index (κ3) is 9.97. The molecule has 0 spiro atoms. The number of para-hydroxylation sites is 1. The lowest BCUT2D eigenvalue weighted by atomic mass is 10.1. The highest BCUT2D eigenvalue weighted by Crippen LogP contribution is 2.32. The van der Waals surface area contributed by atoms with Gasteiger partial charge < -0.3 is 39.8 Å². The van der Waals surface area contributed by atoms with Gasteiger partial charge >= 0.3 is 0 Å². The van der Waals surface area contributed by atoms with Crippen LogP contribution in [-0.2, 0) is 18.4 Å². The number of benzene rings is 3. The summed E-state index contributed by atoms with van der Waals surface area (Å²) in [5, 5.41) is 2.91. The number of ether oxygens (including phenoxy) is 2. The van der Waals surface area contributed by atoms with E-state index in [1.807, 2.05) is 42.8 Å². The molecule has 0 saturated carbocycles. The van der Waals surface area contributed by atoms with E-state index in [0.717, 1.165) is 55.8 Å². The summed E-state index contributed by atoms with van der Waals surface area (Å²) in [5.41, 5.74) is 10.7. The van der Waals surface area contributed by atoms with Gasteiger partial charge in [0.1, 0.15) is 28.8 Å². The molecule has 3 aromatic carbocycles. The lowest BCUT2D eigenvalue weighted by Gasteiger charge is -2.34. The average molecular weight is 777 g/mol. The van der Waals surface area contributed by atoms with Crippen LogP contribution in [0.5, 0.6) is 11.5 Å². The number of imidazole rings is 1. The largest absolute Gasteiger partial charge is 0.495 e. The summed E-state index contributed by atoms with van der Waals surface area (Å²) in [7, 11) is 7.13. The number of hydrogen-bond acceptors (Lipinski definition) is 9. The number of carbonyl (C=O) groups is 2. The molecule has 15 heteroatoms. The number of fused-ring (bicyclic) bond motifs is 1. The summed E-state index contributed by atoms with van der Waals surface area (Å²) in [5.74, 6) is 3.12. The number of carbonyl (C=O) groups excluding carboxylic acids is 3. The van der Waals surface area contributed by atoms with Gasteiger partial charge in [0, 0.05) is 45.8 Å². The van der Waals surface area contributed by atoms with E-state index in [4.69, 9.17) is 15.2 Å². The van der Waals surface area contributed by atoms with Crippen molar-refractivity contribution in [2.75, 3.05) is 64.2 Å². The Labute approximate surface area is 323 Å². The number of nitrogens with two attached hydrogens (primary N) is 1. The van der Waals surface area contributed by atoms with E-state index < -0.39 is 0 Å². The van der Waals surface area contributed by atoms with E-state index in [-0.39, 0.29) is 55.6 Å². The quantitative estimate of drug-likeness (QED) is 0.130. The molecule has 4 aromatic rings. The lowest BCUT2D eigenvalue weighted by Crippen LogP contribution is -2.44. The Morgan fingerprint density at radius 3 is 2.38 bits per heavy atom. The minimum absolute atomic E-state index is 0. The van der Waals surface area contributed by atoms with Crippen LogP contribution in [0, 0.1) is 6.92 Å². The molecule has 0 radical (unpaired) electrons. The van der Waals surface area contributed by atoms with Crippen molar-refractivity contribution in [2.24, 2.45) is 12.8 Å². The van der Waals surface area contributed by atoms with Gasteiger partial charge in [0.2, 0.25) is 0 Å². The Hall–Kier alpha value is -4.29. The monoisotopic (exact) mass is 775 g/mol. The van der Waals surface area contributed by atoms with Gasteiger partial charge in [0.15, 0.2) is 0 Å². The summed E-state index contributed by atoms with van der Waals surface area (Å²) in [4.78, 5) is 49.2. The van der Waals surface area contributed by atoms with Crippen LogP contribution in [0.15, 0.2) is 60.3 Å². The van der Waals surface area contributed by atoms with Crippen LogP contribution in [-0.4, -0.2) is 91.1 Å². The number of halogens is 3. The highest BCUT2D eigenvalue weighted by molar-refractivity contribution is 6.12. The topological polar surface area (TPSA) is 135 Å². The number of aromatic nitrogens is 2. The molecule has 1 aliphatic rings. The van der Waals surface area contributed by atoms with E-state index in [2.05, 4.69) is 33.1 Å². The Balaban J connectivity index is 0.00000312. The van der Waals surface area contributed by atoms with E-state index in [9.17, 15) is 14.4 Å². The van der Waals surface area contributed by atoms with Crippen LogP contribution in [0.3, 0.4) is 0 Å². The minimum Gasteiger partial charge on any atom is -0.495 e. The van der Waals surface area contributed by atoms with Crippen molar-refractivity contribution in [1.82, 2.24) is 19.4 Å². The van der Waals surface area contributed by atoms with Crippen LogP contribution in [0.1, 0.15) is 51.4 Å². The highest BCUT2D eigenvalue weighted by atomic mass is 35.5. The molecule has 0 aliphatic carbocycles. The summed E-state index contributed by atoms with van der Waals surface area (Å²) >= 11 is 0. The fraction of sp³-hybridized carbons (Fsp3) is 0.378. The standard InChI is InChI=1S/C37H45N7O5.3ClH/c1-25-12-15-30(33(21-25)49-20-7-6-9-27(24-45)44-18-16-41(2)17-19-44)43(4)37(47)26-13-14-29(32(22-26)48-5)39-36(46)28-10-8-11-31-35(28)40-34(23-38)42(31)3;;;/h8,10-15,21-22H,6-7,9,16-20,23,38H2,1-5H3,(H,39,46);3*1H. The Morgan fingerprint density at radius 1 is 0.981 bits per heavy atom. The molecule has 2 amide bonds. The van der Waals surface area contributed by atoms with Crippen LogP contribution < -0.4 is 25.4 Å². The first-order valence-electron chi connectivity index (χ1n) is 16.5. The average Bonchev–Trinajstić information content (AvgIpc) is 3.45. The number of aryl methyl sites for hydroxylation is 2. The molecule has 0 bridgehead atoms. The molecule has 1 aromatic heterocycles. The van der Waals surface area contributed by atoms with Gasteiger partial charge in [-0.1, -0.05) is 12.1 Å².